The number of nitrogens with zero attached hydrogens (tertiary/aromatic N) is 2. The van der Waals surface area contributed by atoms with Gasteiger partial charge in [-0.05, 0) is 77.4 Å². The summed E-state index contributed by atoms with van der Waals surface area (Å²) in [5.41, 5.74) is -2.12. The van der Waals surface area contributed by atoms with Gasteiger partial charge in [-0.25, -0.2) is 19.4 Å². The first-order valence-electron chi connectivity index (χ1n) is 13.4. The first kappa shape index (κ1) is 34.9. The van der Waals surface area contributed by atoms with E-state index in [1.54, 1.807) is 25.5 Å². The summed E-state index contributed by atoms with van der Waals surface area (Å²) in [6.45, 7) is 10.5. The topological polar surface area (TPSA) is 169 Å². The Morgan fingerprint density at radius 3 is 2.04 bits per heavy atom. The standard InChI is InChI=1S/C28H34F3N5O8S/c1-16(37)44-36(45(40,41)35-25(39)43-27(5,6)7)19-11-8-17(9-12-19)14-22(34-24(38)42-26(2,3)4)23-32-20-13-10-18(28(29,30)31)15-21(20)33-23/h8-13,15,22H,14H2,1-7H3,(H,32,33)(H,34,38)(H,35,39)/t22-/m0/s1. The monoisotopic (exact) mass is 657 g/mol. The second kappa shape index (κ2) is 12.8. The number of fused-ring (bicyclic) bond motifs is 1. The third kappa shape index (κ3) is 10.3. The molecule has 1 atom stereocenters. The van der Waals surface area contributed by atoms with Crippen LogP contribution < -0.4 is 14.5 Å². The van der Waals surface area contributed by atoms with Crippen molar-refractivity contribution in [2.24, 2.45) is 0 Å². The summed E-state index contributed by atoms with van der Waals surface area (Å²) >= 11 is 0. The van der Waals surface area contributed by atoms with Gasteiger partial charge in [0.2, 0.25) is 0 Å². The maximum absolute atomic E-state index is 13.3. The Morgan fingerprint density at radius 1 is 0.933 bits per heavy atom. The van der Waals surface area contributed by atoms with Gasteiger partial charge in [-0.3, -0.25) is 0 Å². The molecule has 17 heteroatoms. The van der Waals surface area contributed by atoms with Gasteiger partial charge in [-0.2, -0.15) is 26.3 Å². The number of aromatic amines is 1. The number of alkyl carbamates (subject to hydrolysis) is 1. The first-order valence-corrected chi connectivity index (χ1v) is 14.9. The number of carbonyl (C=O) groups excluding carboxylic acids is 3. The van der Waals surface area contributed by atoms with Crippen molar-refractivity contribution in [1.29, 1.82) is 0 Å². The maximum atomic E-state index is 13.3. The van der Waals surface area contributed by atoms with E-state index < -0.39 is 57.3 Å². The second-order valence-electron chi connectivity index (χ2n) is 11.8. The minimum atomic E-state index is -4.79. The molecule has 3 rings (SSSR count). The molecule has 13 nitrogen and oxygen atoms in total. The summed E-state index contributed by atoms with van der Waals surface area (Å²) in [7, 11) is -4.79. The number of benzene rings is 2. The lowest BCUT2D eigenvalue weighted by molar-refractivity contribution is -0.140. The third-order valence-electron chi connectivity index (χ3n) is 5.48. The lowest BCUT2D eigenvalue weighted by atomic mass is 10.1. The van der Waals surface area contributed by atoms with Crippen LogP contribution in [-0.2, 0) is 41.9 Å². The first-order chi connectivity index (χ1) is 20.5. The molecule has 0 saturated heterocycles. The molecule has 2 amide bonds. The van der Waals surface area contributed by atoms with E-state index in [9.17, 15) is 36.0 Å². The van der Waals surface area contributed by atoms with Gasteiger partial charge in [0.15, 0.2) is 0 Å². The number of anilines is 1. The highest BCUT2D eigenvalue weighted by molar-refractivity contribution is 7.91. The fourth-order valence-electron chi connectivity index (χ4n) is 3.83. The van der Waals surface area contributed by atoms with Crippen LogP contribution in [0, 0.1) is 0 Å². The molecule has 0 saturated carbocycles. The minimum Gasteiger partial charge on any atom is -0.444 e. The van der Waals surface area contributed by atoms with E-state index >= 15 is 0 Å². The number of hydrogen-bond acceptors (Lipinski definition) is 9. The smallest absolute Gasteiger partial charge is 0.422 e. The van der Waals surface area contributed by atoms with Gasteiger partial charge in [0.25, 0.3) is 0 Å². The van der Waals surface area contributed by atoms with E-state index in [-0.39, 0.29) is 33.4 Å². The highest BCUT2D eigenvalue weighted by Crippen LogP contribution is 2.32. The second-order valence-corrected chi connectivity index (χ2v) is 13.3. The zero-order valence-corrected chi connectivity index (χ0v) is 26.3. The number of halogens is 3. The van der Waals surface area contributed by atoms with Crippen LogP contribution in [0.3, 0.4) is 0 Å². The number of alkyl halides is 3. The fraction of sp³-hybridized carbons (Fsp3) is 0.429. The Kier molecular flexibility index (Phi) is 9.96. The van der Waals surface area contributed by atoms with Gasteiger partial charge in [0, 0.05) is 13.3 Å². The van der Waals surface area contributed by atoms with Crippen LogP contribution in [0.1, 0.15) is 71.5 Å². The average Bonchev–Trinajstić information content (AvgIpc) is 3.28. The summed E-state index contributed by atoms with van der Waals surface area (Å²) in [6, 6.07) is 7.49. The van der Waals surface area contributed by atoms with E-state index in [1.165, 1.54) is 51.1 Å². The van der Waals surface area contributed by atoms with E-state index in [4.69, 9.17) is 14.3 Å². The predicted octanol–water partition coefficient (Wildman–Crippen LogP) is 5.44. The number of carbonyl (C=O) groups is 3. The summed E-state index contributed by atoms with van der Waals surface area (Å²) in [4.78, 5) is 48.5. The average molecular weight is 658 g/mol. The van der Waals surface area contributed by atoms with E-state index in [0.717, 1.165) is 19.1 Å². The number of aromatic nitrogens is 2. The van der Waals surface area contributed by atoms with Crippen molar-refractivity contribution in [3.05, 3.63) is 59.4 Å². The van der Waals surface area contributed by atoms with Gasteiger partial charge in [0.1, 0.15) is 17.0 Å². The van der Waals surface area contributed by atoms with Crippen molar-refractivity contribution in [2.75, 3.05) is 4.47 Å². The zero-order chi connectivity index (χ0) is 34.0. The van der Waals surface area contributed by atoms with Crippen molar-refractivity contribution in [3.8, 4) is 0 Å². The predicted molar refractivity (Wildman–Crippen MR) is 156 cm³/mol. The number of H-pyrrole nitrogens is 1. The summed E-state index contributed by atoms with van der Waals surface area (Å²) in [5.74, 6) is -0.876. The molecule has 1 heterocycles. The van der Waals surface area contributed by atoms with Crippen molar-refractivity contribution < 1.29 is 50.3 Å². The normalized spacial score (nSPS) is 13.1. The SMILES string of the molecule is CC(=O)ON(c1ccc(C[C@H](NC(=O)OC(C)(C)C)c2nc3ccc(C(F)(F)F)cc3[nH]2)cc1)S(=O)(=O)NC(=O)OC(C)(C)C. The van der Waals surface area contributed by atoms with E-state index in [1.807, 2.05) is 0 Å². The number of hydrogen-bond donors (Lipinski definition) is 3. The Hall–Kier alpha value is -4.54. The molecule has 1 aromatic heterocycles. The molecule has 45 heavy (non-hydrogen) atoms. The number of ether oxygens (including phenoxy) is 2. The molecule has 0 spiro atoms. The largest absolute Gasteiger partial charge is 0.444 e. The molecular formula is C28H34F3N5O8S. The fourth-order valence-corrected chi connectivity index (χ4v) is 4.77. The van der Waals surface area contributed by atoms with Gasteiger partial charge >= 0.3 is 34.5 Å². The Morgan fingerprint density at radius 2 is 1.51 bits per heavy atom. The summed E-state index contributed by atoms with van der Waals surface area (Å²) in [5, 5.41) is 2.66. The number of imidazole rings is 1. The Bertz CT molecular complexity index is 1660. The van der Waals surface area contributed by atoms with Crippen LogP contribution in [0.15, 0.2) is 42.5 Å². The molecule has 0 bridgehead atoms. The molecule has 0 radical (unpaired) electrons. The lowest BCUT2D eigenvalue weighted by Gasteiger charge is -2.24. The molecule has 0 aliphatic heterocycles. The number of nitrogens with one attached hydrogen (secondary N) is 3. The maximum Gasteiger partial charge on any atom is 0.422 e. The van der Waals surface area contributed by atoms with Crippen LogP contribution in [0.5, 0.6) is 0 Å². The van der Waals surface area contributed by atoms with Crippen molar-refractivity contribution in [1.82, 2.24) is 20.0 Å². The summed E-state index contributed by atoms with van der Waals surface area (Å²) < 4.78 is 77.8. The molecule has 2 aromatic carbocycles. The lowest BCUT2D eigenvalue weighted by Crippen LogP contribution is -2.46. The Balaban J connectivity index is 1.93. The van der Waals surface area contributed by atoms with Crippen LogP contribution in [0.25, 0.3) is 11.0 Å². The minimum absolute atomic E-state index is 0.0158. The molecule has 0 aliphatic rings. The van der Waals surface area contributed by atoms with Crippen molar-refractivity contribution in [3.63, 3.8) is 0 Å². The quantitative estimate of drug-likeness (QED) is 0.267. The third-order valence-corrected chi connectivity index (χ3v) is 6.62. The van der Waals surface area contributed by atoms with Gasteiger partial charge < -0.3 is 24.6 Å². The molecular weight excluding hydrogens is 623 g/mol. The zero-order valence-electron chi connectivity index (χ0n) is 25.5. The van der Waals surface area contributed by atoms with Crippen LogP contribution in [0.4, 0.5) is 28.4 Å². The van der Waals surface area contributed by atoms with Crippen LogP contribution in [0.2, 0.25) is 0 Å². The van der Waals surface area contributed by atoms with E-state index in [2.05, 4.69) is 15.3 Å². The number of rotatable bonds is 8. The molecule has 3 N–H and O–H groups in total. The highest BCUT2D eigenvalue weighted by atomic mass is 32.2. The van der Waals surface area contributed by atoms with Gasteiger partial charge in [-0.1, -0.05) is 16.6 Å². The van der Waals surface area contributed by atoms with Crippen molar-refractivity contribution in [2.45, 2.75) is 78.3 Å². The van der Waals surface area contributed by atoms with Crippen LogP contribution in [-0.4, -0.2) is 47.7 Å². The number of amides is 2. The van der Waals surface area contributed by atoms with Crippen LogP contribution >= 0.6 is 0 Å². The Labute approximate surface area is 257 Å². The molecule has 246 valence electrons. The molecule has 0 unspecified atom stereocenters. The highest BCUT2D eigenvalue weighted by Gasteiger charge is 2.32. The molecule has 0 aliphatic carbocycles. The molecule has 0 fully saturated rings. The van der Waals surface area contributed by atoms with Crippen molar-refractivity contribution >= 4 is 45.1 Å². The summed E-state index contributed by atoms with van der Waals surface area (Å²) in [6.07, 6.45) is -6.69. The van der Waals surface area contributed by atoms with Gasteiger partial charge in [0.05, 0.1) is 28.3 Å². The van der Waals surface area contributed by atoms with E-state index in [0.29, 0.717) is 5.56 Å². The molecule has 3 aromatic rings. The van der Waals surface area contributed by atoms with Gasteiger partial charge in [-0.15, -0.1) is 0 Å².